The Morgan fingerprint density at radius 3 is 2.61 bits per heavy atom. The second kappa shape index (κ2) is 8.18. The van der Waals surface area contributed by atoms with E-state index in [1.165, 1.54) is 18.9 Å². The summed E-state index contributed by atoms with van der Waals surface area (Å²) in [6.07, 6.45) is 2.53. The topological polar surface area (TPSA) is 30.5 Å². The third kappa shape index (κ3) is 4.85. The molecule has 1 aliphatic rings. The molecule has 1 fully saturated rings. The van der Waals surface area contributed by atoms with E-state index >= 15 is 0 Å². The Morgan fingerprint density at radius 2 is 1.91 bits per heavy atom. The molecule has 23 heavy (non-hydrogen) atoms. The molecule has 0 atom stereocenters. The van der Waals surface area contributed by atoms with E-state index in [9.17, 15) is 4.39 Å². The van der Waals surface area contributed by atoms with Crippen molar-refractivity contribution in [2.24, 2.45) is 0 Å². The van der Waals surface area contributed by atoms with E-state index in [4.69, 9.17) is 9.47 Å². The maximum atomic E-state index is 13.6. The molecule has 0 bridgehead atoms. The van der Waals surface area contributed by atoms with Crippen LogP contribution in [0.3, 0.4) is 0 Å². The van der Waals surface area contributed by atoms with Crippen LogP contribution in [-0.4, -0.2) is 13.2 Å². The molecular weight excluding hydrogens is 317 g/mol. The van der Waals surface area contributed by atoms with Crippen molar-refractivity contribution in [2.45, 2.75) is 32.0 Å². The minimum atomic E-state index is -0.258. The van der Waals surface area contributed by atoms with Gasteiger partial charge in [-0.25, -0.2) is 4.39 Å². The lowest BCUT2D eigenvalue weighted by Gasteiger charge is -2.13. The zero-order valence-corrected chi connectivity index (χ0v) is 13.9. The number of benzene rings is 2. The van der Waals surface area contributed by atoms with E-state index in [-0.39, 0.29) is 24.8 Å². The molecule has 0 aromatic heterocycles. The van der Waals surface area contributed by atoms with Gasteiger partial charge >= 0.3 is 0 Å². The van der Waals surface area contributed by atoms with E-state index in [0.29, 0.717) is 23.1 Å². The molecule has 3 rings (SSSR count). The lowest BCUT2D eigenvalue weighted by Crippen LogP contribution is -2.15. The van der Waals surface area contributed by atoms with Crippen LogP contribution in [0.5, 0.6) is 11.5 Å². The Morgan fingerprint density at radius 1 is 1.13 bits per heavy atom. The number of nitrogens with one attached hydrogen (secondary N) is 1. The molecule has 0 heterocycles. The van der Waals surface area contributed by atoms with E-state index in [2.05, 4.69) is 5.32 Å². The maximum Gasteiger partial charge on any atom is 0.161 e. The summed E-state index contributed by atoms with van der Waals surface area (Å²) in [4.78, 5) is 0. The fourth-order valence-electron chi connectivity index (χ4n) is 2.26. The van der Waals surface area contributed by atoms with Gasteiger partial charge < -0.3 is 14.8 Å². The molecular formula is C18H21ClFNO2. The van der Waals surface area contributed by atoms with Crippen molar-refractivity contribution in [3.63, 3.8) is 0 Å². The summed E-state index contributed by atoms with van der Waals surface area (Å²) in [6, 6.07) is 13.1. The van der Waals surface area contributed by atoms with Crippen LogP contribution in [0.4, 0.5) is 4.39 Å². The van der Waals surface area contributed by atoms with E-state index in [1.54, 1.807) is 25.3 Å². The first-order valence-electron chi connectivity index (χ1n) is 7.53. The zero-order valence-electron chi connectivity index (χ0n) is 13.0. The minimum absolute atomic E-state index is 0. The Labute approximate surface area is 142 Å². The Kier molecular flexibility index (Phi) is 6.25. The van der Waals surface area contributed by atoms with Gasteiger partial charge in [-0.1, -0.05) is 24.3 Å². The molecule has 1 saturated carbocycles. The number of hydrogen-bond donors (Lipinski definition) is 1. The van der Waals surface area contributed by atoms with Crippen LogP contribution in [0.25, 0.3) is 0 Å². The van der Waals surface area contributed by atoms with Gasteiger partial charge in [0, 0.05) is 18.2 Å². The van der Waals surface area contributed by atoms with Crippen molar-refractivity contribution in [3.05, 3.63) is 59.4 Å². The maximum absolute atomic E-state index is 13.6. The first-order chi connectivity index (χ1) is 10.8. The fraction of sp³-hybridized carbons (Fsp3) is 0.333. The van der Waals surface area contributed by atoms with Gasteiger partial charge in [-0.05, 0) is 36.6 Å². The monoisotopic (exact) mass is 337 g/mol. The summed E-state index contributed by atoms with van der Waals surface area (Å²) >= 11 is 0. The quantitative estimate of drug-likeness (QED) is 0.825. The van der Waals surface area contributed by atoms with Crippen LogP contribution in [-0.2, 0) is 13.2 Å². The van der Waals surface area contributed by atoms with Crippen LogP contribution >= 0.6 is 12.4 Å². The molecule has 124 valence electrons. The van der Waals surface area contributed by atoms with Gasteiger partial charge in [0.05, 0.1) is 7.11 Å². The van der Waals surface area contributed by atoms with Crippen molar-refractivity contribution in [1.29, 1.82) is 0 Å². The van der Waals surface area contributed by atoms with Gasteiger partial charge in [0.25, 0.3) is 0 Å². The molecule has 2 aromatic rings. The Balaban J connectivity index is 0.00000192. The highest BCUT2D eigenvalue weighted by Gasteiger charge is 2.20. The van der Waals surface area contributed by atoms with Crippen molar-refractivity contribution in [3.8, 4) is 11.5 Å². The first-order valence-corrected chi connectivity index (χ1v) is 7.53. The smallest absolute Gasteiger partial charge is 0.161 e. The number of ether oxygens (including phenoxy) is 2. The van der Waals surface area contributed by atoms with Crippen molar-refractivity contribution in [1.82, 2.24) is 5.32 Å². The lowest BCUT2D eigenvalue weighted by atomic mass is 10.2. The summed E-state index contributed by atoms with van der Waals surface area (Å²) < 4.78 is 24.7. The average Bonchev–Trinajstić information content (AvgIpc) is 3.37. The highest BCUT2D eigenvalue weighted by atomic mass is 35.5. The molecule has 5 heteroatoms. The standard InChI is InChI=1S/C18H20FNO2.ClH/c1-21-18-10-13(11-20-15-7-8-15)6-9-17(18)22-12-14-4-2-3-5-16(14)19;/h2-6,9-10,15,20H,7-8,11-12H2,1H3;1H. The molecule has 0 radical (unpaired) electrons. The highest BCUT2D eigenvalue weighted by molar-refractivity contribution is 5.85. The van der Waals surface area contributed by atoms with Crippen LogP contribution in [0.2, 0.25) is 0 Å². The highest BCUT2D eigenvalue weighted by Crippen LogP contribution is 2.29. The summed E-state index contributed by atoms with van der Waals surface area (Å²) in [5.41, 5.74) is 1.69. The molecule has 1 aliphatic carbocycles. The summed E-state index contributed by atoms with van der Waals surface area (Å²) in [5, 5.41) is 3.46. The third-order valence-corrected chi connectivity index (χ3v) is 3.74. The second-order valence-electron chi connectivity index (χ2n) is 5.52. The molecule has 0 amide bonds. The van der Waals surface area contributed by atoms with Crippen molar-refractivity contribution < 1.29 is 13.9 Å². The fourth-order valence-corrected chi connectivity index (χ4v) is 2.26. The minimum Gasteiger partial charge on any atom is -0.493 e. The molecule has 2 aromatic carbocycles. The largest absolute Gasteiger partial charge is 0.493 e. The predicted molar refractivity (Wildman–Crippen MR) is 90.8 cm³/mol. The molecule has 1 N–H and O–H groups in total. The van der Waals surface area contributed by atoms with Gasteiger partial charge in [-0.2, -0.15) is 0 Å². The van der Waals surface area contributed by atoms with E-state index in [1.807, 2.05) is 18.2 Å². The van der Waals surface area contributed by atoms with Gasteiger partial charge in [-0.15, -0.1) is 12.4 Å². The number of rotatable bonds is 7. The average molecular weight is 338 g/mol. The normalized spacial score (nSPS) is 13.3. The Bertz CT molecular complexity index is 647. The molecule has 3 nitrogen and oxygen atoms in total. The predicted octanol–water partition coefficient (Wildman–Crippen LogP) is 4.09. The SMILES string of the molecule is COc1cc(CNC2CC2)ccc1OCc1ccccc1F.Cl. The molecule has 0 spiro atoms. The summed E-state index contributed by atoms with van der Waals surface area (Å²) in [6.45, 7) is 1.01. The van der Waals surface area contributed by atoms with Crippen molar-refractivity contribution >= 4 is 12.4 Å². The Hall–Kier alpha value is -1.78. The molecule has 0 aliphatic heterocycles. The zero-order chi connectivity index (χ0) is 15.4. The van der Waals surface area contributed by atoms with Crippen molar-refractivity contribution in [2.75, 3.05) is 7.11 Å². The van der Waals surface area contributed by atoms with E-state index < -0.39 is 0 Å². The van der Waals surface area contributed by atoms with Gasteiger partial charge in [0.2, 0.25) is 0 Å². The van der Waals surface area contributed by atoms with Gasteiger partial charge in [0.15, 0.2) is 11.5 Å². The number of halogens is 2. The third-order valence-electron chi connectivity index (χ3n) is 3.74. The van der Waals surface area contributed by atoms with Gasteiger partial charge in [0.1, 0.15) is 12.4 Å². The van der Waals surface area contributed by atoms with E-state index in [0.717, 1.165) is 12.1 Å². The van der Waals surface area contributed by atoms with Crippen LogP contribution < -0.4 is 14.8 Å². The first kappa shape index (κ1) is 17.6. The van der Waals surface area contributed by atoms with Crippen LogP contribution in [0, 0.1) is 5.82 Å². The molecule has 0 unspecified atom stereocenters. The second-order valence-corrected chi connectivity index (χ2v) is 5.52. The summed E-state index contributed by atoms with van der Waals surface area (Å²) in [7, 11) is 1.61. The van der Waals surface area contributed by atoms with Crippen LogP contribution in [0.1, 0.15) is 24.0 Å². The van der Waals surface area contributed by atoms with Crippen LogP contribution in [0.15, 0.2) is 42.5 Å². The van der Waals surface area contributed by atoms with Gasteiger partial charge in [-0.3, -0.25) is 0 Å². The summed E-state index contributed by atoms with van der Waals surface area (Å²) in [5.74, 6) is 1.04. The molecule has 0 saturated heterocycles. The number of hydrogen-bond acceptors (Lipinski definition) is 3. The lowest BCUT2D eigenvalue weighted by molar-refractivity contribution is 0.279. The number of methoxy groups -OCH3 is 1.